The number of carbonyl (C=O) groups is 2. The summed E-state index contributed by atoms with van der Waals surface area (Å²) in [6.07, 6.45) is 0.941. The van der Waals surface area contributed by atoms with E-state index in [2.05, 4.69) is 10.6 Å². The van der Waals surface area contributed by atoms with Gasteiger partial charge >= 0.3 is 0 Å². The van der Waals surface area contributed by atoms with Crippen LogP contribution in [0.4, 0.5) is 5.69 Å². The fraction of sp³-hybridized carbons (Fsp3) is 0.500. The average molecular weight is 358 g/mol. The number of hydrogen-bond acceptors (Lipinski definition) is 5. The Morgan fingerprint density at radius 2 is 1.88 bits per heavy atom. The van der Waals surface area contributed by atoms with Gasteiger partial charge in [-0.3, -0.25) is 9.59 Å². The summed E-state index contributed by atoms with van der Waals surface area (Å²) >= 11 is 0. The summed E-state index contributed by atoms with van der Waals surface area (Å²) in [5.41, 5.74) is 0.707. The van der Waals surface area contributed by atoms with Crippen molar-refractivity contribution in [2.45, 2.75) is 18.9 Å². The van der Waals surface area contributed by atoms with Gasteiger partial charge in [0, 0.05) is 37.7 Å². The largest absolute Gasteiger partial charge is 0.497 e. The Morgan fingerprint density at radius 1 is 1.25 bits per heavy atom. The Labute approximate surface area is 148 Å². The molecule has 2 amide bonds. The quantitative estimate of drug-likeness (QED) is 0.759. The van der Waals surface area contributed by atoms with Gasteiger partial charge in [-0.05, 0) is 13.5 Å². The van der Waals surface area contributed by atoms with Gasteiger partial charge < -0.3 is 25.0 Å². The monoisotopic (exact) mass is 357 g/mol. The van der Waals surface area contributed by atoms with Crippen LogP contribution in [0.15, 0.2) is 18.2 Å². The molecule has 1 saturated heterocycles. The minimum Gasteiger partial charge on any atom is -0.497 e. The zero-order chi connectivity index (χ0) is 16.8. The number of rotatable bonds is 7. The summed E-state index contributed by atoms with van der Waals surface area (Å²) in [5.74, 6) is 1.00. The van der Waals surface area contributed by atoms with Crippen LogP contribution in [0.3, 0.4) is 0 Å². The molecule has 1 aromatic carbocycles. The molecule has 1 heterocycles. The van der Waals surface area contributed by atoms with Crippen molar-refractivity contribution in [2.75, 3.05) is 39.3 Å². The van der Waals surface area contributed by atoms with Gasteiger partial charge in [0.15, 0.2) is 0 Å². The third-order valence-corrected chi connectivity index (χ3v) is 3.79. The standard InChI is InChI=1S/C16H23N3O4.ClH/c1-17-6-4-15(20)18-14-5-7-19(16(14)21)11-8-12(22-2)10-13(9-11)23-3;/h8-10,14,17H,4-7H2,1-3H3,(H,18,20);1H. The molecule has 0 aliphatic carbocycles. The topological polar surface area (TPSA) is 79.9 Å². The second-order valence-electron chi connectivity index (χ2n) is 5.32. The van der Waals surface area contributed by atoms with E-state index in [9.17, 15) is 9.59 Å². The number of hydrogen-bond donors (Lipinski definition) is 2. The molecule has 8 heteroatoms. The van der Waals surface area contributed by atoms with Crippen molar-refractivity contribution in [2.24, 2.45) is 0 Å². The van der Waals surface area contributed by atoms with Crippen LogP contribution in [0.5, 0.6) is 11.5 Å². The minimum absolute atomic E-state index is 0. The lowest BCUT2D eigenvalue weighted by molar-refractivity contribution is -0.126. The number of benzene rings is 1. The van der Waals surface area contributed by atoms with E-state index < -0.39 is 6.04 Å². The van der Waals surface area contributed by atoms with Crippen molar-refractivity contribution in [3.8, 4) is 11.5 Å². The second kappa shape index (κ2) is 9.34. The van der Waals surface area contributed by atoms with Gasteiger partial charge in [-0.25, -0.2) is 0 Å². The summed E-state index contributed by atoms with van der Waals surface area (Å²) in [4.78, 5) is 26.0. The lowest BCUT2D eigenvalue weighted by atomic mass is 10.2. The highest BCUT2D eigenvalue weighted by molar-refractivity contribution is 6.01. The fourth-order valence-electron chi connectivity index (χ4n) is 2.52. The Bertz CT molecular complexity index is 560. The number of nitrogens with one attached hydrogen (secondary N) is 2. The van der Waals surface area contributed by atoms with Crippen LogP contribution in [0.2, 0.25) is 0 Å². The van der Waals surface area contributed by atoms with Crippen LogP contribution >= 0.6 is 12.4 Å². The highest BCUT2D eigenvalue weighted by Crippen LogP contribution is 2.30. The Balaban J connectivity index is 0.00000288. The van der Waals surface area contributed by atoms with E-state index in [1.807, 2.05) is 0 Å². The molecule has 0 bridgehead atoms. The van der Waals surface area contributed by atoms with Crippen molar-refractivity contribution >= 4 is 29.9 Å². The molecule has 1 fully saturated rings. The summed E-state index contributed by atoms with van der Waals surface area (Å²) < 4.78 is 10.5. The molecule has 0 spiro atoms. The highest BCUT2D eigenvalue weighted by Gasteiger charge is 2.33. The van der Waals surface area contributed by atoms with E-state index in [0.29, 0.717) is 43.1 Å². The number of carbonyl (C=O) groups excluding carboxylic acids is 2. The van der Waals surface area contributed by atoms with Crippen molar-refractivity contribution in [1.29, 1.82) is 0 Å². The first-order chi connectivity index (χ1) is 11.1. The lowest BCUT2D eigenvalue weighted by Gasteiger charge is -2.19. The van der Waals surface area contributed by atoms with Crippen LogP contribution in [-0.4, -0.2) is 52.2 Å². The number of amides is 2. The van der Waals surface area contributed by atoms with Crippen molar-refractivity contribution in [1.82, 2.24) is 10.6 Å². The zero-order valence-electron chi connectivity index (χ0n) is 14.1. The minimum atomic E-state index is -0.475. The number of methoxy groups -OCH3 is 2. The second-order valence-corrected chi connectivity index (χ2v) is 5.32. The Kier molecular flexibility index (Phi) is 7.81. The molecule has 1 aromatic rings. The summed E-state index contributed by atoms with van der Waals surface area (Å²) in [7, 11) is 4.91. The highest BCUT2D eigenvalue weighted by atomic mass is 35.5. The van der Waals surface area contributed by atoms with Crippen LogP contribution in [0, 0.1) is 0 Å². The molecule has 1 aliphatic heterocycles. The van der Waals surface area contributed by atoms with Gasteiger partial charge in [-0.1, -0.05) is 0 Å². The number of anilines is 1. The third kappa shape index (κ3) is 4.75. The van der Waals surface area contributed by atoms with Gasteiger partial charge in [-0.2, -0.15) is 0 Å². The summed E-state index contributed by atoms with van der Waals surface area (Å²) in [6.45, 7) is 1.13. The van der Waals surface area contributed by atoms with Crippen LogP contribution in [-0.2, 0) is 9.59 Å². The van der Waals surface area contributed by atoms with Crippen molar-refractivity contribution < 1.29 is 19.1 Å². The fourth-order valence-corrected chi connectivity index (χ4v) is 2.52. The first-order valence-corrected chi connectivity index (χ1v) is 7.57. The van der Waals surface area contributed by atoms with Gasteiger partial charge in [-0.15, -0.1) is 12.4 Å². The number of nitrogens with zero attached hydrogens (tertiary/aromatic N) is 1. The van der Waals surface area contributed by atoms with E-state index in [4.69, 9.17) is 9.47 Å². The maximum absolute atomic E-state index is 12.5. The molecular formula is C16H24ClN3O4. The molecule has 0 saturated carbocycles. The first kappa shape index (κ1) is 20.1. The van der Waals surface area contributed by atoms with Crippen LogP contribution in [0.25, 0.3) is 0 Å². The molecule has 0 radical (unpaired) electrons. The smallest absolute Gasteiger partial charge is 0.249 e. The van der Waals surface area contributed by atoms with Gasteiger partial charge in [0.05, 0.1) is 19.9 Å². The molecule has 7 nitrogen and oxygen atoms in total. The van der Waals surface area contributed by atoms with E-state index >= 15 is 0 Å². The first-order valence-electron chi connectivity index (χ1n) is 7.57. The molecule has 1 unspecified atom stereocenters. The zero-order valence-corrected chi connectivity index (χ0v) is 14.9. The molecule has 2 N–H and O–H groups in total. The lowest BCUT2D eigenvalue weighted by Crippen LogP contribution is -2.42. The van der Waals surface area contributed by atoms with Crippen LogP contribution < -0.4 is 25.0 Å². The average Bonchev–Trinajstić information content (AvgIpc) is 2.93. The van der Waals surface area contributed by atoms with Crippen molar-refractivity contribution in [3.05, 3.63) is 18.2 Å². The predicted octanol–water partition coefficient (Wildman–Crippen LogP) is 0.957. The van der Waals surface area contributed by atoms with E-state index in [0.717, 1.165) is 0 Å². The molecule has 1 aliphatic rings. The van der Waals surface area contributed by atoms with Gasteiger partial charge in [0.25, 0.3) is 0 Å². The molecule has 1 atom stereocenters. The van der Waals surface area contributed by atoms with E-state index in [1.165, 1.54) is 0 Å². The van der Waals surface area contributed by atoms with E-state index in [-0.39, 0.29) is 24.2 Å². The van der Waals surface area contributed by atoms with Gasteiger partial charge in [0.2, 0.25) is 11.8 Å². The Hall–Kier alpha value is -1.99. The maximum Gasteiger partial charge on any atom is 0.249 e. The van der Waals surface area contributed by atoms with Crippen LogP contribution in [0.1, 0.15) is 12.8 Å². The molecular weight excluding hydrogens is 334 g/mol. The number of ether oxygens (including phenoxy) is 2. The molecule has 24 heavy (non-hydrogen) atoms. The SMILES string of the molecule is CNCCC(=O)NC1CCN(c2cc(OC)cc(OC)c2)C1=O.Cl. The van der Waals surface area contributed by atoms with Crippen molar-refractivity contribution in [3.63, 3.8) is 0 Å². The molecule has 2 rings (SSSR count). The van der Waals surface area contributed by atoms with E-state index in [1.54, 1.807) is 44.4 Å². The Morgan fingerprint density at radius 3 is 2.42 bits per heavy atom. The summed E-state index contributed by atoms with van der Waals surface area (Å²) in [5, 5.41) is 5.70. The predicted molar refractivity (Wildman–Crippen MR) is 94.2 cm³/mol. The van der Waals surface area contributed by atoms with Gasteiger partial charge in [0.1, 0.15) is 17.5 Å². The maximum atomic E-state index is 12.5. The molecule has 0 aromatic heterocycles. The summed E-state index contributed by atoms with van der Waals surface area (Å²) in [6, 6.07) is 4.84. The normalized spacial score (nSPS) is 16.5. The number of halogens is 1. The third-order valence-electron chi connectivity index (χ3n) is 3.79. The molecule has 134 valence electrons.